The maximum Gasteiger partial charge on any atom is 0.417 e. The summed E-state index contributed by atoms with van der Waals surface area (Å²) in [7, 11) is 1.48. The predicted octanol–water partition coefficient (Wildman–Crippen LogP) is 2.09. The molecule has 1 heterocycles. The molecular formula is C22H20N2O4. The summed E-state index contributed by atoms with van der Waals surface area (Å²) < 4.78 is 5.05. The first kappa shape index (κ1) is 19.2. The number of amides is 3. The first-order valence-electron chi connectivity index (χ1n) is 8.89. The lowest BCUT2D eigenvalue weighted by atomic mass is 10.1. The molecule has 1 aliphatic heterocycles. The third-order valence-electron chi connectivity index (χ3n) is 4.35. The molecular weight excluding hydrogens is 356 g/mol. The number of carbonyl (C=O) groups excluding carboxylic acids is 3. The average molecular weight is 376 g/mol. The van der Waals surface area contributed by atoms with E-state index in [1.165, 1.54) is 11.9 Å². The molecule has 1 saturated heterocycles. The minimum absolute atomic E-state index is 0.144. The summed E-state index contributed by atoms with van der Waals surface area (Å²) in [6.45, 7) is -0.104. The second-order valence-electron chi connectivity index (χ2n) is 6.46. The molecule has 1 atom stereocenters. The predicted molar refractivity (Wildman–Crippen MR) is 103 cm³/mol. The van der Waals surface area contributed by atoms with Gasteiger partial charge < -0.3 is 9.64 Å². The first-order valence-corrected chi connectivity index (χ1v) is 8.89. The quantitative estimate of drug-likeness (QED) is 0.767. The number of nitrogens with zero attached hydrogens (tertiary/aromatic N) is 2. The van der Waals surface area contributed by atoms with Gasteiger partial charge in [-0.15, -0.1) is 0 Å². The normalized spacial score (nSPS) is 15.4. The Morgan fingerprint density at radius 1 is 1.11 bits per heavy atom. The number of likely N-dealkylation sites (N-methyl/N-ethyl adjacent to an activating group) is 1. The monoisotopic (exact) mass is 376 g/mol. The molecule has 0 spiro atoms. The molecule has 0 saturated carbocycles. The van der Waals surface area contributed by atoms with Gasteiger partial charge in [-0.05, 0) is 24.1 Å². The molecule has 1 aliphatic rings. The zero-order valence-electron chi connectivity index (χ0n) is 15.5. The van der Waals surface area contributed by atoms with Crippen LogP contribution in [0.4, 0.5) is 4.79 Å². The van der Waals surface area contributed by atoms with Gasteiger partial charge in [-0.3, -0.25) is 9.59 Å². The molecule has 2 aromatic rings. The van der Waals surface area contributed by atoms with Gasteiger partial charge in [0.25, 0.3) is 11.8 Å². The largest absolute Gasteiger partial charge is 0.447 e. The number of hydrogen-bond donors (Lipinski definition) is 0. The van der Waals surface area contributed by atoms with Crippen LogP contribution in [0.3, 0.4) is 0 Å². The van der Waals surface area contributed by atoms with Crippen LogP contribution in [0.2, 0.25) is 0 Å². The van der Waals surface area contributed by atoms with Crippen LogP contribution in [0.5, 0.6) is 0 Å². The van der Waals surface area contributed by atoms with E-state index in [1.54, 1.807) is 12.1 Å². The third kappa shape index (κ3) is 4.77. The molecule has 3 rings (SSSR count). The van der Waals surface area contributed by atoms with Gasteiger partial charge >= 0.3 is 6.09 Å². The van der Waals surface area contributed by atoms with E-state index >= 15 is 0 Å². The lowest BCUT2D eigenvalue weighted by Crippen LogP contribution is -2.46. The summed E-state index contributed by atoms with van der Waals surface area (Å²) in [4.78, 5) is 39.1. The molecule has 6 heteroatoms. The smallest absolute Gasteiger partial charge is 0.417 e. The molecule has 0 aliphatic carbocycles. The van der Waals surface area contributed by atoms with Crippen LogP contribution in [-0.4, -0.2) is 53.9 Å². The summed E-state index contributed by atoms with van der Waals surface area (Å²) in [6, 6.07) is 18.3. The van der Waals surface area contributed by atoms with Gasteiger partial charge in [-0.25, -0.2) is 9.69 Å². The van der Waals surface area contributed by atoms with Crippen LogP contribution in [0.1, 0.15) is 11.1 Å². The van der Waals surface area contributed by atoms with Crippen molar-refractivity contribution >= 4 is 17.9 Å². The van der Waals surface area contributed by atoms with E-state index in [-0.39, 0.29) is 19.2 Å². The highest BCUT2D eigenvalue weighted by Gasteiger charge is 2.38. The van der Waals surface area contributed by atoms with E-state index in [4.69, 9.17) is 4.74 Å². The Morgan fingerprint density at radius 2 is 1.75 bits per heavy atom. The minimum atomic E-state index is -0.679. The Bertz CT molecular complexity index is 916. The van der Waals surface area contributed by atoms with Crippen molar-refractivity contribution in [3.05, 3.63) is 71.8 Å². The highest BCUT2D eigenvalue weighted by molar-refractivity contribution is 5.99. The molecule has 1 fully saturated rings. The van der Waals surface area contributed by atoms with E-state index in [2.05, 4.69) is 11.8 Å². The van der Waals surface area contributed by atoms with E-state index in [9.17, 15) is 14.4 Å². The van der Waals surface area contributed by atoms with Crippen molar-refractivity contribution in [3.63, 3.8) is 0 Å². The Kier molecular flexibility index (Phi) is 6.07. The van der Waals surface area contributed by atoms with Gasteiger partial charge in [0.05, 0.1) is 6.04 Å². The van der Waals surface area contributed by atoms with Crippen LogP contribution >= 0.6 is 0 Å². The van der Waals surface area contributed by atoms with Crippen molar-refractivity contribution < 1.29 is 19.1 Å². The highest BCUT2D eigenvalue weighted by Crippen LogP contribution is 2.17. The number of benzene rings is 2. The van der Waals surface area contributed by atoms with Crippen LogP contribution < -0.4 is 0 Å². The van der Waals surface area contributed by atoms with Crippen LogP contribution in [0.15, 0.2) is 60.7 Å². The fourth-order valence-corrected chi connectivity index (χ4v) is 2.90. The molecule has 0 bridgehead atoms. The van der Waals surface area contributed by atoms with Crippen molar-refractivity contribution in [2.24, 2.45) is 0 Å². The summed E-state index contributed by atoms with van der Waals surface area (Å²) in [5.74, 6) is 4.29. The Morgan fingerprint density at radius 3 is 2.43 bits per heavy atom. The first-order chi connectivity index (χ1) is 13.5. The molecule has 0 radical (unpaired) electrons. The summed E-state index contributed by atoms with van der Waals surface area (Å²) >= 11 is 0. The van der Waals surface area contributed by atoms with Crippen LogP contribution in [0, 0.1) is 11.8 Å². The Labute approximate surface area is 163 Å². The molecule has 2 aromatic carbocycles. The van der Waals surface area contributed by atoms with Gasteiger partial charge in [0.15, 0.2) is 0 Å². The van der Waals surface area contributed by atoms with Gasteiger partial charge in [0, 0.05) is 18.5 Å². The SMILES string of the molecule is CN(CC(=O)N1C(=O)OC[C@@H]1Cc1ccccc1)C(=O)C#Cc1ccccc1. The van der Waals surface area contributed by atoms with Crippen LogP contribution in [0.25, 0.3) is 0 Å². The average Bonchev–Trinajstić information content (AvgIpc) is 3.07. The van der Waals surface area contributed by atoms with Gasteiger partial charge in [0.2, 0.25) is 0 Å². The fraction of sp³-hybridized carbons (Fsp3) is 0.227. The number of ether oxygens (including phenoxy) is 1. The molecule has 0 N–H and O–H groups in total. The number of cyclic esters (lactones) is 1. The molecule has 28 heavy (non-hydrogen) atoms. The Hall–Kier alpha value is -3.59. The fourth-order valence-electron chi connectivity index (χ4n) is 2.90. The number of hydrogen-bond acceptors (Lipinski definition) is 4. The zero-order chi connectivity index (χ0) is 19.9. The van der Waals surface area contributed by atoms with Crippen molar-refractivity contribution in [3.8, 4) is 11.8 Å². The van der Waals surface area contributed by atoms with Crippen molar-refractivity contribution in [2.75, 3.05) is 20.2 Å². The minimum Gasteiger partial charge on any atom is -0.447 e. The molecule has 142 valence electrons. The van der Waals surface area contributed by atoms with Crippen molar-refractivity contribution in [1.29, 1.82) is 0 Å². The number of imide groups is 1. The second kappa shape index (κ2) is 8.87. The lowest BCUT2D eigenvalue weighted by molar-refractivity contribution is -0.135. The maximum absolute atomic E-state index is 12.6. The molecule has 3 amide bonds. The number of rotatable bonds is 4. The van der Waals surface area contributed by atoms with E-state index in [0.29, 0.717) is 12.0 Å². The Balaban J connectivity index is 1.62. The van der Waals surface area contributed by atoms with E-state index in [1.807, 2.05) is 48.5 Å². The van der Waals surface area contributed by atoms with Crippen molar-refractivity contribution in [2.45, 2.75) is 12.5 Å². The van der Waals surface area contributed by atoms with Gasteiger partial charge in [-0.2, -0.15) is 0 Å². The lowest BCUT2D eigenvalue weighted by Gasteiger charge is -2.22. The third-order valence-corrected chi connectivity index (χ3v) is 4.35. The standard InChI is InChI=1S/C22H20N2O4/c1-23(20(25)13-12-17-8-4-2-5-9-17)15-21(26)24-19(16-28-22(24)27)14-18-10-6-3-7-11-18/h2-11,19H,14-16H2,1H3/t19-/m0/s1. The summed E-state index contributed by atoms with van der Waals surface area (Å²) in [5.41, 5.74) is 1.71. The van der Waals surface area contributed by atoms with Gasteiger partial charge in [-0.1, -0.05) is 54.5 Å². The topological polar surface area (TPSA) is 66.9 Å². The van der Waals surface area contributed by atoms with Gasteiger partial charge in [0.1, 0.15) is 13.2 Å². The maximum atomic E-state index is 12.6. The zero-order valence-corrected chi connectivity index (χ0v) is 15.5. The molecule has 6 nitrogen and oxygen atoms in total. The summed E-state index contributed by atoms with van der Waals surface area (Å²) in [5, 5.41) is 0. The summed E-state index contributed by atoms with van der Waals surface area (Å²) in [6.07, 6.45) is -0.175. The van der Waals surface area contributed by atoms with E-state index in [0.717, 1.165) is 10.5 Å². The second-order valence-corrected chi connectivity index (χ2v) is 6.46. The van der Waals surface area contributed by atoms with E-state index < -0.39 is 17.9 Å². The van der Waals surface area contributed by atoms with Crippen molar-refractivity contribution in [1.82, 2.24) is 9.80 Å². The molecule has 0 aromatic heterocycles. The number of carbonyl (C=O) groups is 3. The highest BCUT2D eigenvalue weighted by atomic mass is 16.6. The van der Waals surface area contributed by atoms with Crippen LogP contribution in [-0.2, 0) is 20.7 Å². The molecule has 0 unspecified atom stereocenters.